The van der Waals surface area contributed by atoms with Crippen molar-refractivity contribution in [2.24, 2.45) is 7.05 Å². The summed E-state index contributed by atoms with van der Waals surface area (Å²) in [5, 5.41) is 6.13. The number of carbonyl (C=O) groups excluding carboxylic acids is 1. The zero-order valence-corrected chi connectivity index (χ0v) is 14.2. The fourth-order valence-electron chi connectivity index (χ4n) is 2.41. The number of benzene rings is 2. The number of carbonyl (C=O) groups is 1. The Morgan fingerprint density at radius 2 is 1.74 bits per heavy atom. The highest BCUT2D eigenvalue weighted by Crippen LogP contribution is 2.35. The van der Waals surface area contributed by atoms with Gasteiger partial charge in [-0.1, -0.05) is 30.0 Å². The number of rotatable bonds is 2. The number of aryl methyl sites for hydroxylation is 1. The van der Waals surface area contributed by atoms with Gasteiger partial charge in [0.15, 0.2) is 0 Å². The van der Waals surface area contributed by atoms with E-state index in [9.17, 15) is 18.0 Å². The van der Waals surface area contributed by atoms with Crippen LogP contribution in [0.25, 0.3) is 0 Å². The number of hydrogen-bond donors (Lipinski definition) is 1. The predicted octanol–water partition coefficient (Wildman–Crippen LogP) is 4.09. The standard InChI is InChI=1S/C20H14F3N3O/c1-26-18(11-12-24-26)19(27)25-17-10-9-15(13-16(17)20(21,22)23)8-7-14-5-3-2-4-6-14/h2-6,9-13H,1H3,(H,25,27). The molecule has 0 atom stereocenters. The van der Waals surface area contributed by atoms with Crippen LogP contribution in [0.2, 0.25) is 0 Å². The first kappa shape index (κ1) is 18.3. The SMILES string of the molecule is Cn1nccc1C(=O)Nc1ccc(C#Cc2ccccc2)cc1C(F)(F)F. The van der Waals surface area contributed by atoms with Crippen LogP contribution in [0.3, 0.4) is 0 Å². The molecule has 0 aliphatic heterocycles. The van der Waals surface area contributed by atoms with Crippen molar-refractivity contribution in [2.75, 3.05) is 5.32 Å². The highest BCUT2D eigenvalue weighted by Gasteiger charge is 2.34. The highest BCUT2D eigenvalue weighted by atomic mass is 19.4. The number of hydrogen-bond acceptors (Lipinski definition) is 2. The van der Waals surface area contributed by atoms with E-state index >= 15 is 0 Å². The number of amides is 1. The number of nitrogens with one attached hydrogen (secondary N) is 1. The molecule has 0 bridgehead atoms. The second-order valence-corrected chi connectivity index (χ2v) is 5.67. The molecule has 0 saturated heterocycles. The van der Waals surface area contributed by atoms with Gasteiger partial charge in [0, 0.05) is 24.4 Å². The minimum atomic E-state index is -4.64. The fourth-order valence-corrected chi connectivity index (χ4v) is 2.41. The summed E-state index contributed by atoms with van der Waals surface area (Å²) in [4.78, 5) is 12.2. The third kappa shape index (κ3) is 4.36. The van der Waals surface area contributed by atoms with Crippen molar-refractivity contribution < 1.29 is 18.0 Å². The molecule has 1 aromatic heterocycles. The molecule has 0 aliphatic carbocycles. The van der Waals surface area contributed by atoms with Gasteiger partial charge in [-0.15, -0.1) is 0 Å². The molecule has 1 heterocycles. The van der Waals surface area contributed by atoms with Gasteiger partial charge in [-0.25, -0.2) is 0 Å². The largest absolute Gasteiger partial charge is 0.418 e. The van der Waals surface area contributed by atoms with Crippen LogP contribution in [0.5, 0.6) is 0 Å². The molecule has 0 unspecified atom stereocenters. The molecule has 0 spiro atoms. The Kier molecular flexibility index (Phi) is 4.99. The smallest absolute Gasteiger partial charge is 0.320 e. The lowest BCUT2D eigenvalue weighted by Gasteiger charge is -2.14. The molecule has 0 radical (unpaired) electrons. The zero-order chi connectivity index (χ0) is 19.4. The van der Waals surface area contributed by atoms with Crippen LogP contribution >= 0.6 is 0 Å². The van der Waals surface area contributed by atoms with Crippen LogP contribution in [-0.2, 0) is 13.2 Å². The summed E-state index contributed by atoms with van der Waals surface area (Å²) in [6.45, 7) is 0. The molecule has 0 fully saturated rings. The van der Waals surface area contributed by atoms with Crippen molar-refractivity contribution >= 4 is 11.6 Å². The molecule has 3 aromatic rings. The van der Waals surface area contributed by atoms with Crippen molar-refractivity contribution in [1.82, 2.24) is 9.78 Å². The lowest BCUT2D eigenvalue weighted by atomic mass is 10.1. The van der Waals surface area contributed by atoms with Gasteiger partial charge < -0.3 is 5.32 Å². The maximum atomic E-state index is 13.4. The summed E-state index contributed by atoms with van der Waals surface area (Å²) >= 11 is 0. The van der Waals surface area contributed by atoms with Crippen molar-refractivity contribution in [1.29, 1.82) is 0 Å². The van der Waals surface area contributed by atoms with E-state index in [0.29, 0.717) is 5.56 Å². The number of nitrogens with zero attached hydrogens (tertiary/aromatic N) is 2. The molecule has 0 aliphatic rings. The lowest BCUT2D eigenvalue weighted by Crippen LogP contribution is -2.19. The summed E-state index contributed by atoms with van der Waals surface area (Å²) in [5.74, 6) is 4.85. The Bertz CT molecular complexity index is 1030. The van der Waals surface area contributed by atoms with Crippen LogP contribution < -0.4 is 5.32 Å². The average Bonchev–Trinajstić information content (AvgIpc) is 3.07. The molecule has 27 heavy (non-hydrogen) atoms. The molecular weight excluding hydrogens is 355 g/mol. The highest BCUT2D eigenvalue weighted by molar-refractivity contribution is 6.03. The Hall–Kier alpha value is -3.53. The van der Waals surface area contributed by atoms with E-state index in [4.69, 9.17) is 0 Å². The van der Waals surface area contributed by atoms with Crippen LogP contribution in [0.4, 0.5) is 18.9 Å². The third-order valence-electron chi connectivity index (χ3n) is 3.75. The van der Waals surface area contributed by atoms with E-state index in [2.05, 4.69) is 22.3 Å². The molecule has 1 amide bonds. The minimum Gasteiger partial charge on any atom is -0.320 e. The topological polar surface area (TPSA) is 46.9 Å². The molecule has 136 valence electrons. The van der Waals surface area contributed by atoms with Gasteiger partial charge in [0.25, 0.3) is 5.91 Å². The molecule has 4 nitrogen and oxygen atoms in total. The lowest BCUT2D eigenvalue weighted by molar-refractivity contribution is -0.136. The number of anilines is 1. The minimum absolute atomic E-state index is 0.149. The Labute approximate surface area is 153 Å². The normalized spacial score (nSPS) is 10.8. The second-order valence-electron chi connectivity index (χ2n) is 5.67. The third-order valence-corrected chi connectivity index (χ3v) is 3.75. The predicted molar refractivity (Wildman–Crippen MR) is 95.0 cm³/mol. The van der Waals surface area contributed by atoms with E-state index in [0.717, 1.165) is 6.07 Å². The summed E-state index contributed by atoms with van der Waals surface area (Å²) in [6, 6.07) is 13.9. The first-order valence-electron chi connectivity index (χ1n) is 7.92. The molecule has 7 heteroatoms. The van der Waals surface area contributed by atoms with Crippen molar-refractivity contribution in [2.45, 2.75) is 6.18 Å². The van der Waals surface area contributed by atoms with Crippen LogP contribution in [-0.4, -0.2) is 15.7 Å². The van der Waals surface area contributed by atoms with Crippen molar-refractivity contribution in [3.8, 4) is 11.8 Å². The van der Waals surface area contributed by atoms with Crippen LogP contribution in [0, 0.1) is 11.8 Å². The second kappa shape index (κ2) is 7.38. The van der Waals surface area contributed by atoms with E-state index < -0.39 is 17.6 Å². The molecular formula is C20H14F3N3O. The summed E-state index contributed by atoms with van der Waals surface area (Å²) < 4.78 is 41.6. The summed E-state index contributed by atoms with van der Waals surface area (Å²) in [7, 11) is 1.53. The average molecular weight is 369 g/mol. The van der Waals surface area contributed by atoms with Crippen molar-refractivity contribution in [3.05, 3.63) is 83.2 Å². The molecule has 1 N–H and O–H groups in total. The van der Waals surface area contributed by atoms with Gasteiger partial charge >= 0.3 is 6.18 Å². The van der Waals surface area contributed by atoms with E-state index in [1.165, 1.54) is 36.1 Å². The Morgan fingerprint density at radius 3 is 2.37 bits per heavy atom. The monoisotopic (exact) mass is 369 g/mol. The molecule has 2 aromatic carbocycles. The van der Waals surface area contributed by atoms with E-state index in [1.54, 1.807) is 24.3 Å². The fraction of sp³-hybridized carbons (Fsp3) is 0.100. The first-order chi connectivity index (χ1) is 12.8. The number of alkyl halides is 3. The van der Waals surface area contributed by atoms with Crippen LogP contribution in [0.1, 0.15) is 27.2 Å². The quantitative estimate of drug-likeness (QED) is 0.692. The summed E-state index contributed by atoms with van der Waals surface area (Å²) in [6.07, 6.45) is -3.25. The number of halogens is 3. The van der Waals surface area contributed by atoms with E-state index in [-0.39, 0.29) is 16.9 Å². The maximum Gasteiger partial charge on any atom is 0.418 e. The molecule has 3 rings (SSSR count). The van der Waals surface area contributed by atoms with Gasteiger partial charge in [-0.3, -0.25) is 9.48 Å². The maximum absolute atomic E-state index is 13.4. The zero-order valence-electron chi connectivity index (χ0n) is 14.2. The Balaban J connectivity index is 1.92. The van der Waals surface area contributed by atoms with E-state index in [1.807, 2.05) is 6.07 Å². The molecule has 0 saturated carbocycles. The van der Waals surface area contributed by atoms with Gasteiger partial charge in [0.05, 0.1) is 11.3 Å². The van der Waals surface area contributed by atoms with Gasteiger partial charge in [-0.05, 0) is 36.4 Å². The van der Waals surface area contributed by atoms with Crippen molar-refractivity contribution in [3.63, 3.8) is 0 Å². The van der Waals surface area contributed by atoms with Gasteiger partial charge in [0.1, 0.15) is 5.69 Å². The van der Waals surface area contributed by atoms with Crippen LogP contribution in [0.15, 0.2) is 60.8 Å². The Morgan fingerprint density at radius 1 is 1.04 bits per heavy atom. The van der Waals surface area contributed by atoms with Gasteiger partial charge in [0.2, 0.25) is 0 Å². The van der Waals surface area contributed by atoms with Gasteiger partial charge in [-0.2, -0.15) is 18.3 Å². The summed E-state index contributed by atoms with van der Waals surface area (Å²) in [5.41, 5.74) is -0.253. The number of aromatic nitrogens is 2. The first-order valence-corrected chi connectivity index (χ1v) is 7.92.